The van der Waals surface area contributed by atoms with E-state index in [1.54, 1.807) is 0 Å². The predicted octanol–water partition coefficient (Wildman–Crippen LogP) is 4.39. The first-order chi connectivity index (χ1) is 6.56. The molecule has 0 atom stereocenters. The standard InChI is InChI=1S/C12H16ClN/c1-4-12(2,3)11(13)14-10-8-6-5-7-9-10/h5-9H,4H2,1-3H3. The van der Waals surface area contributed by atoms with Gasteiger partial charge in [0.25, 0.3) is 0 Å². The van der Waals surface area contributed by atoms with Gasteiger partial charge in [0.15, 0.2) is 0 Å². The molecule has 0 bridgehead atoms. The zero-order valence-electron chi connectivity index (χ0n) is 8.92. The van der Waals surface area contributed by atoms with Crippen molar-refractivity contribution in [2.45, 2.75) is 27.2 Å². The van der Waals surface area contributed by atoms with Gasteiger partial charge < -0.3 is 0 Å². The van der Waals surface area contributed by atoms with Crippen molar-refractivity contribution < 1.29 is 0 Å². The zero-order chi connectivity index (χ0) is 10.6. The number of rotatable bonds is 3. The van der Waals surface area contributed by atoms with Crippen LogP contribution in [0.4, 0.5) is 5.69 Å². The quantitative estimate of drug-likeness (QED) is 0.655. The van der Waals surface area contributed by atoms with Crippen LogP contribution in [0.1, 0.15) is 27.2 Å². The lowest BCUT2D eigenvalue weighted by atomic mass is 9.92. The molecule has 0 radical (unpaired) electrons. The summed E-state index contributed by atoms with van der Waals surface area (Å²) in [7, 11) is 0. The fraction of sp³-hybridized carbons (Fsp3) is 0.417. The Morgan fingerprint density at radius 2 is 1.86 bits per heavy atom. The molecule has 0 aromatic heterocycles. The minimum atomic E-state index is -0.0304. The lowest BCUT2D eigenvalue weighted by molar-refractivity contribution is 0.510. The Bertz CT molecular complexity index is 314. The number of nitrogens with zero attached hydrogens (tertiary/aromatic N) is 1. The third kappa shape index (κ3) is 2.85. The monoisotopic (exact) mass is 209 g/mol. The van der Waals surface area contributed by atoms with Gasteiger partial charge in [-0.15, -0.1) is 0 Å². The van der Waals surface area contributed by atoms with Crippen molar-refractivity contribution >= 4 is 22.5 Å². The molecule has 14 heavy (non-hydrogen) atoms. The summed E-state index contributed by atoms with van der Waals surface area (Å²) in [5.41, 5.74) is 0.885. The molecule has 0 unspecified atom stereocenters. The van der Waals surface area contributed by atoms with Crippen LogP contribution >= 0.6 is 11.6 Å². The summed E-state index contributed by atoms with van der Waals surface area (Å²) in [5.74, 6) is 0. The van der Waals surface area contributed by atoms with Crippen LogP contribution < -0.4 is 0 Å². The first kappa shape index (κ1) is 11.3. The number of aliphatic imine (C=N–C) groups is 1. The van der Waals surface area contributed by atoms with E-state index in [0.29, 0.717) is 5.17 Å². The van der Waals surface area contributed by atoms with Crippen molar-refractivity contribution in [3.8, 4) is 0 Å². The summed E-state index contributed by atoms with van der Waals surface area (Å²) in [6, 6.07) is 9.80. The van der Waals surface area contributed by atoms with Crippen LogP contribution in [0, 0.1) is 5.41 Å². The molecule has 1 aromatic rings. The van der Waals surface area contributed by atoms with E-state index in [2.05, 4.69) is 25.8 Å². The summed E-state index contributed by atoms with van der Waals surface area (Å²) >= 11 is 6.16. The van der Waals surface area contributed by atoms with Crippen LogP contribution in [-0.4, -0.2) is 5.17 Å². The van der Waals surface area contributed by atoms with E-state index in [1.165, 1.54) is 0 Å². The highest BCUT2D eigenvalue weighted by atomic mass is 35.5. The molecule has 0 N–H and O–H groups in total. The maximum atomic E-state index is 6.16. The van der Waals surface area contributed by atoms with E-state index in [9.17, 15) is 0 Å². The zero-order valence-corrected chi connectivity index (χ0v) is 9.67. The maximum Gasteiger partial charge on any atom is 0.112 e. The highest BCUT2D eigenvalue weighted by Gasteiger charge is 2.20. The Morgan fingerprint density at radius 3 is 2.36 bits per heavy atom. The van der Waals surface area contributed by atoms with Crippen molar-refractivity contribution in [3.63, 3.8) is 0 Å². The molecule has 0 aliphatic heterocycles. The van der Waals surface area contributed by atoms with Gasteiger partial charge in [-0.25, -0.2) is 4.99 Å². The van der Waals surface area contributed by atoms with E-state index >= 15 is 0 Å². The Hall–Kier alpha value is -0.820. The molecule has 0 aliphatic rings. The van der Waals surface area contributed by atoms with E-state index < -0.39 is 0 Å². The number of para-hydroxylation sites is 1. The molecule has 1 rings (SSSR count). The summed E-state index contributed by atoms with van der Waals surface area (Å²) in [6.07, 6.45) is 0.988. The van der Waals surface area contributed by atoms with E-state index in [0.717, 1.165) is 12.1 Å². The van der Waals surface area contributed by atoms with Gasteiger partial charge in [-0.3, -0.25) is 0 Å². The van der Waals surface area contributed by atoms with Gasteiger partial charge in [-0.05, 0) is 18.6 Å². The average Bonchev–Trinajstić information content (AvgIpc) is 2.19. The van der Waals surface area contributed by atoms with Crippen molar-refractivity contribution in [2.24, 2.45) is 10.4 Å². The fourth-order valence-corrected chi connectivity index (χ4v) is 1.14. The fourth-order valence-electron chi connectivity index (χ4n) is 0.913. The molecule has 0 saturated heterocycles. The lowest BCUT2D eigenvalue weighted by Gasteiger charge is -2.20. The summed E-state index contributed by atoms with van der Waals surface area (Å²) < 4.78 is 0. The predicted molar refractivity (Wildman–Crippen MR) is 63.5 cm³/mol. The lowest BCUT2D eigenvalue weighted by Crippen LogP contribution is -2.17. The Morgan fingerprint density at radius 1 is 1.29 bits per heavy atom. The number of hydrogen-bond acceptors (Lipinski definition) is 1. The molecule has 2 heteroatoms. The third-order valence-corrected chi connectivity index (χ3v) is 3.02. The molecule has 0 amide bonds. The van der Waals surface area contributed by atoms with Gasteiger partial charge in [-0.2, -0.15) is 0 Å². The largest absolute Gasteiger partial charge is 0.241 e. The second-order valence-corrected chi connectivity index (χ2v) is 4.33. The number of hydrogen-bond donors (Lipinski definition) is 0. The van der Waals surface area contributed by atoms with Crippen LogP contribution in [0.3, 0.4) is 0 Å². The Balaban J connectivity index is 2.89. The highest BCUT2D eigenvalue weighted by Crippen LogP contribution is 2.26. The molecule has 0 heterocycles. The Labute approximate surface area is 90.8 Å². The van der Waals surface area contributed by atoms with Gasteiger partial charge >= 0.3 is 0 Å². The molecular weight excluding hydrogens is 194 g/mol. The minimum absolute atomic E-state index is 0.0304. The van der Waals surface area contributed by atoms with E-state index in [-0.39, 0.29) is 5.41 Å². The topological polar surface area (TPSA) is 12.4 Å². The van der Waals surface area contributed by atoms with Crippen molar-refractivity contribution in [3.05, 3.63) is 30.3 Å². The van der Waals surface area contributed by atoms with E-state index in [1.807, 2.05) is 30.3 Å². The third-order valence-electron chi connectivity index (χ3n) is 2.43. The number of halogens is 1. The summed E-state index contributed by atoms with van der Waals surface area (Å²) in [6.45, 7) is 6.31. The first-order valence-electron chi connectivity index (χ1n) is 4.86. The second-order valence-electron chi connectivity index (χ2n) is 3.98. The average molecular weight is 210 g/mol. The van der Waals surface area contributed by atoms with Crippen LogP contribution in [0.25, 0.3) is 0 Å². The Kier molecular flexibility index (Phi) is 3.70. The van der Waals surface area contributed by atoms with Gasteiger partial charge in [0, 0.05) is 5.41 Å². The minimum Gasteiger partial charge on any atom is -0.241 e. The van der Waals surface area contributed by atoms with Gasteiger partial charge in [-0.1, -0.05) is 50.6 Å². The molecule has 76 valence electrons. The van der Waals surface area contributed by atoms with Crippen molar-refractivity contribution in [1.82, 2.24) is 0 Å². The normalized spacial score (nSPS) is 13.0. The van der Waals surface area contributed by atoms with Crippen molar-refractivity contribution in [1.29, 1.82) is 0 Å². The molecule has 0 spiro atoms. The van der Waals surface area contributed by atoms with Gasteiger partial charge in [0.05, 0.1) is 5.69 Å². The van der Waals surface area contributed by atoms with Crippen LogP contribution in [0.15, 0.2) is 35.3 Å². The summed E-state index contributed by atoms with van der Waals surface area (Å²) in [4.78, 5) is 4.38. The maximum absolute atomic E-state index is 6.16. The molecule has 0 fully saturated rings. The summed E-state index contributed by atoms with van der Waals surface area (Å²) in [5, 5.41) is 0.672. The molecular formula is C12H16ClN. The SMILES string of the molecule is CCC(C)(C)C(Cl)=Nc1ccccc1. The van der Waals surface area contributed by atoms with Gasteiger partial charge in [0.1, 0.15) is 5.17 Å². The highest BCUT2D eigenvalue weighted by molar-refractivity contribution is 6.66. The first-order valence-corrected chi connectivity index (χ1v) is 5.24. The molecule has 0 aliphatic carbocycles. The number of benzene rings is 1. The van der Waals surface area contributed by atoms with E-state index in [4.69, 9.17) is 11.6 Å². The van der Waals surface area contributed by atoms with Crippen molar-refractivity contribution in [2.75, 3.05) is 0 Å². The van der Waals surface area contributed by atoms with Crippen LogP contribution in [-0.2, 0) is 0 Å². The molecule has 1 aromatic carbocycles. The van der Waals surface area contributed by atoms with Crippen LogP contribution in [0.5, 0.6) is 0 Å². The van der Waals surface area contributed by atoms with Crippen LogP contribution in [0.2, 0.25) is 0 Å². The molecule has 1 nitrogen and oxygen atoms in total. The molecule has 0 saturated carbocycles. The smallest absolute Gasteiger partial charge is 0.112 e. The van der Waals surface area contributed by atoms with Gasteiger partial charge in [0.2, 0.25) is 0 Å². The second kappa shape index (κ2) is 4.61.